The number of rotatable bonds is 4. The summed E-state index contributed by atoms with van der Waals surface area (Å²) in [6.07, 6.45) is 1.66. The van der Waals surface area contributed by atoms with Crippen LogP contribution in [0.1, 0.15) is 11.1 Å². The van der Waals surface area contributed by atoms with E-state index in [2.05, 4.69) is 0 Å². The summed E-state index contributed by atoms with van der Waals surface area (Å²) in [4.78, 5) is 26.4. The molecule has 1 saturated heterocycles. The normalized spacial score (nSPS) is 16.0. The zero-order valence-corrected chi connectivity index (χ0v) is 15.5. The van der Waals surface area contributed by atoms with Gasteiger partial charge in [-0.1, -0.05) is 47.5 Å². The zero-order valence-electron chi connectivity index (χ0n) is 13.2. The van der Waals surface area contributed by atoms with Gasteiger partial charge < -0.3 is 4.74 Å². The lowest BCUT2D eigenvalue weighted by atomic mass is 10.1. The smallest absolute Gasteiger partial charge is 0.293 e. The summed E-state index contributed by atoms with van der Waals surface area (Å²) in [5, 5.41) is 0.580. The molecule has 0 saturated carbocycles. The topological polar surface area (TPSA) is 46.6 Å². The van der Waals surface area contributed by atoms with Gasteiger partial charge in [0, 0.05) is 15.6 Å². The molecule has 0 N–H and O–H groups in total. The molecule has 1 heterocycles. The second kappa shape index (κ2) is 7.52. The van der Waals surface area contributed by atoms with E-state index >= 15 is 0 Å². The van der Waals surface area contributed by atoms with Gasteiger partial charge in [0.1, 0.15) is 5.75 Å². The molecule has 25 heavy (non-hydrogen) atoms. The average molecular weight is 394 g/mol. The van der Waals surface area contributed by atoms with Gasteiger partial charge in [0.15, 0.2) is 0 Å². The van der Waals surface area contributed by atoms with E-state index in [1.807, 2.05) is 18.2 Å². The quantitative estimate of drug-likeness (QED) is 0.666. The van der Waals surface area contributed by atoms with Crippen LogP contribution in [0.2, 0.25) is 10.0 Å². The number of hydrogen-bond acceptors (Lipinski definition) is 4. The maximum absolute atomic E-state index is 12.6. The third-order valence-electron chi connectivity index (χ3n) is 3.64. The van der Waals surface area contributed by atoms with E-state index in [0.717, 1.165) is 17.3 Å². The summed E-state index contributed by atoms with van der Waals surface area (Å²) in [6.45, 7) is 0.101. The van der Waals surface area contributed by atoms with Gasteiger partial charge >= 0.3 is 0 Å². The third-order valence-corrected chi connectivity index (χ3v) is 5.14. The summed E-state index contributed by atoms with van der Waals surface area (Å²) in [5.74, 6) is 0.280. The van der Waals surface area contributed by atoms with Crippen LogP contribution in [0.25, 0.3) is 6.08 Å². The summed E-state index contributed by atoms with van der Waals surface area (Å²) >= 11 is 12.9. The number of methoxy groups -OCH3 is 1. The first kappa shape index (κ1) is 17.9. The second-order valence-electron chi connectivity index (χ2n) is 5.25. The Bertz CT molecular complexity index is 882. The minimum atomic E-state index is -0.355. The summed E-state index contributed by atoms with van der Waals surface area (Å²) in [6, 6.07) is 12.3. The van der Waals surface area contributed by atoms with Crippen LogP contribution in [0.5, 0.6) is 5.75 Å². The summed E-state index contributed by atoms with van der Waals surface area (Å²) < 4.78 is 5.27. The molecule has 128 valence electrons. The van der Waals surface area contributed by atoms with E-state index in [4.69, 9.17) is 27.9 Å². The second-order valence-corrected chi connectivity index (χ2v) is 7.08. The minimum absolute atomic E-state index is 0.101. The molecular formula is C18H13Cl2NO3S. The van der Waals surface area contributed by atoms with Gasteiger partial charge in [-0.15, -0.1) is 0 Å². The Morgan fingerprint density at radius 2 is 1.92 bits per heavy atom. The lowest BCUT2D eigenvalue weighted by Crippen LogP contribution is -2.27. The number of nitrogens with zero attached hydrogens (tertiary/aromatic N) is 1. The van der Waals surface area contributed by atoms with E-state index in [-0.39, 0.29) is 17.7 Å². The van der Waals surface area contributed by atoms with Crippen molar-refractivity contribution < 1.29 is 14.3 Å². The van der Waals surface area contributed by atoms with Gasteiger partial charge in [0.2, 0.25) is 0 Å². The molecule has 2 amide bonds. The van der Waals surface area contributed by atoms with Crippen molar-refractivity contribution >= 4 is 52.2 Å². The molecule has 7 heteroatoms. The number of ether oxygens (including phenoxy) is 1. The number of imide groups is 1. The Labute approximate surface area is 159 Å². The molecule has 3 rings (SSSR count). The van der Waals surface area contributed by atoms with Crippen LogP contribution < -0.4 is 4.74 Å². The molecule has 0 radical (unpaired) electrons. The predicted octanol–water partition coefficient (Wildman–Crippen LogP) is 5.24. The maximum atomic E-state index is 12.6. The number of benzene rings is 2. The van der Waals surface area contributed by atoms with E-state index in [1.54, 1.807) is 37.5 Å². The van der Waals surface area contributed by atoms with E-state index in [9.17, 15) is 9.59 Å². The number of amides is 2. The number of thioether (sulfide) groups is 1. The van der Waals surface area contributed by atoms with Crippen molar-refractivity contribution in [1.29, 1.82) is 0 Å². The van der Waals surface area contributed by atoms with Crippen LogP contribution in [0, 0.1) is 0 Å². The minimum Gasteiger partial charge on any atom is -0.496 e. The van der Waals surface area contributed by atoms with Crippen LogP contribution in [0.4, 0.5) is 4.79 Å². The summed E-state index contributed by atoms with van der Waals surface area (Å²) in [5.41, 5.74) is 1.40. The highest BCUT2D eigenvalue weighted by Crippen LogP contribution is 2.35. The van der Waals surface area contributed by atoms with E-state index in [1.165, 1.54) is 4.90 Å². The highest BCUT2D eigenvalue weighted by molar-refractivity contribution is 8.18. The number of hydrogen-bond donors (Lipinski definition) is 0. The van der Waals surface area contributed by atoms with Gasteiger partial charge in [-0.3, -0.25) is 14.5 Å². The summed E-state index contributed by atoms with van der Waals surface area (Å²) in [7, 11) is 1.56. The number of carbonyl (C=O) groups is 2. The molecule has 0 spiro atoms. The SMILES string of the molecule is COc1ccccc1C=C1SC(=O)N(Cc2ccc(Cl)cc2Cl)C1=O. The number of para-hydroxylation sites is 1. The molecule has 0 aromatic heterocycles. The van der Waals surface area contributed by atoms with Crippen molar-refractivity contribution in [3.63, 3.8) is 0 Å². The average Bonchev–Trinajstić information content (AvgIpc) is 2.85. The fourth-order valence-electron chi connectivity index (χ4n) is 2.38. The van der Waals surface area contributed by atoms with E-state index in [0.29, 0.717) is 26.3 Å². The van der Waals surface area contributed by atoms with Crippen LogP contribution in [-0.4, -0.2) is 23.2 Å². The molecule has 0 aliphatic carbocycles. The monoisotopic (exact) mass is 393 g/mol. The Kier molecular flexibility index (Phi) is 5.37. The Morgan fingerprint density at radius 3 is 2.64 bits per heavy atom. The molecule has 2 aromatic rings. The molecule has 0 atom stereocenters. The first-order valence-corrected chi connectivity index (χ1v) is 8.89. The third kappa shape index (κ3) is 3.84. The Morgan fingerprint density at radius 1 is 1.16 bits per heavy atom. The fourth-order valence-corrected chi connectivity index (χ4v) is 3.68. The van der Waals surface area contributed by atoms with Crippen LogP contribution in [-0.2, 0) is 11.3 Å². The van der Waals surface area contributed by atoms with Crippen molar-refractivity contribution in [3.8, 4) is 5.75 Å². The van der Waals surface area contributed by atoms with Crippen molar-refractivity contribution in [2.24, 2.45) is 0 Å². The fraction of sp³-hybridized carbons (Fsp3) is 0.111. The lowest BCUT2D eigenvalue weighted by Gasteiger charge is -2.13. The van der Waals surface area contributed by atoms with Gasteiger partial charge in [0.05, 0.1) is 18.6 Å². The molecule has 1 fully saturated rings. The van der Waals surface area contributed by atoms with E-state index < -0.39 is 0 Å². The van der Waals surface area contributed by atoms with Gasteiger partial charge in [-0.2, -0.15) is 0 Å². The molecule has 1 aliphatic rings. The number of carbonyl (C=O) groups excluding carboxylic acids is 2. The number of halogens is 2. The van der Waals surface area contributed by atoms with Crippen LogP contribution >= 0.6 is 35.0 Å². The van der Waals surface area contributed by atoms with Gasteiger partial charge in [0.25, 0.3) is 11.1 Å². The Hall–Kier alpha value is -1.95. The molecular weight excluding hydrogens is 381 g/mol. The highest BCUT2D eigenvalue weighted by atomic mass is 35.5. The maximum Gasteiger partial charge on any atom is 0.293 e. The molecule has 0 unspecified atom stereocenters. The van der Waals surface area contributed by atoms with Crippen molar-refractivity contribution in [2.75, 3.05) is 7.11 Å². The molecule has 4 nitrogen and oxygen atoms in total. The lowest BCUT2D eigenvalue weighted by molar-refractivity contribution is -0.123. The van der Waals surface area contributed by atoms with Crippen molar-refractivity contribution in [2.45, 2.75) is 6.54 Å². The predicted molar refractivity (Wildman–Crippen MR) is 101 cm³/mol. The Balaban J connectivity index is 1.86. The standard InChI is InChI=1S/C18H13Cl2NO3S/c1-24-15-5-3-2-4-11(15)8-16-17(22)21(18(23)25-16)10-12-6-7-13(19)9-14(12)20/h2-9H,10H2,1H3. The zero-order chi connectivity index (χ0) is 18.0. The van der Waals surface area contributed by atoms with Crippen LogP contribution in [0.3, 0.4) is 0 Å². The molecule has 2 aromatic carbocycles. The van der Waals surface area contributed by atoms with Crippen LogP contribution in [0.15, 0.2) is 47.4 Å². The van der Waals surface area contributed by atoms with Crippen molar-refractivity contribution in [1.82, 2.24) is 4.90 Å². The van der Waals surface area contributed by atoms with Crippen molar-refractivity contribution in [3.05, 3.63) is 68.5 Å². The molecule has 1 aliphatic heterocycles. The molecule has 0 bridgehead atoms. The first-order valence-electron chi connectivity index (χ1n) is 7.32. The first-order chi connectivity index (χ1) is 12.0. The highest BCUT2D eigenvalue weighted by Gasteiger charge is 2.35. The van der Waals surface area contributed by atoms with Gasteiger partial charge in [-0.25, -0.2) is 0 Å². The largest absolute Gasteiger partial charge is 0.496 e. The van der Waals surface area contributed by atoms with Gasteiger partial charge in [-0.05, 0) is 41.6 Å².